The minimum atomic E-state index is 0.900. The summed E-state index contributed by atoms with van der Waals surface area (Å²) in [5.74, 6) is 2.22. The smallest absolute Gasteiger partial charge is 0.00207 e. The van der Waals surface area contributed by atoms with Gasteiger partial charge in [0, 0.05) is 0 Å². The van der Waals surface area contributed by atoms with Crippen molar-refractivity contribution in [2.24, 2.45) is 5.92 Å². The highest BCUT2D eigenvalue weighted by Crippen LogP contribution is 2.11. The van der Waals surface area contributed by atoms with Gasteiger partial charge >= 0.3 is 0 Å². The van der Waals surface area contributed by atoms with E-state index < -0.39 is 0 Å². The Bertz CT molecular complexity index is 85.9. The van der Waals surface area contributed by atoms with Crippen LogP contribution in [0.2, 0.25) is 0 Å². The van der Waals surface area contributed by atoms with E-state index in [-0.39, 0.29) is 0 Å². The Kier molecular flexibility index (Phi) is 9.64. The summed E-state index contributed by atoms with van der Waals surface area (Å²) in [6.45, 7) is 6.79. The molecular formula is C10H23NS. The quantitative estimate of drug-likeness (QED) is 0.589. The van der Waals surface area contributed by atoms with E-state index in [1.165, 1.54) is 31.6 Å². The van der Waals surface area contributed by atoms with Gasteiger partial charge in [-0.15, -0.1) is 0 Å². The van der Waals surface area contributed by atoms with Crippen LogP contribution in [-0.4, -0.2) is 25.1 Å². The second-order valence-electron chi connectivity index (χ2n) is 3.22. The molecule has 0 aliphatic rings. The van der Waals surface area contributed by atoms with Gasteiger partial charge < -0.3 is 5.32 Å². The molecular weight excluding hydrogens is 166 g/mol. The number of thioether (sulfide) groups is 1. The van der Waals surface area contributed by atoms with E-state index in [9.17, 15) is 0 Å². The van der Waals surface area contributed by atoms with Gasteiger partial charge in [-0.05, 0) is 43.9 Å². The van der Waals surface area contributed by atoms with E-state index in [1.807, 2.05) is 11.8 Å². The zero-order valence-corrected chi connectivity index (χ0v) is 9.54. The number of hydrogen-bond donors (Lipinski definition) is 1. The lowest BCUT2D eigenvalue weighted by Crippen LogP contribution is -2.22. The maximum atomic E-state index is 3.42. The highest BCUT2D eigenvalue weighted by molar-refractivity contribution is 7.98. The molecule has 0 rings (SSSR count). The van der Waals surface area contributed by atoms with Crippen LogP contribution < -0.4 is 5.32 Å². The predicted octanol–water partition coefficient (Wildman–Crippen LogP) is 2.77. The lowest BCUT2D eigenvalue weighted by molar-refractivity contribution is 0.436. The van der Waals surface area contributed by atoms with Crippen LogP contribution in [0.5, 0.6) is 0 Å². The first-order valence-corrected chi connectivity index (χ1v) is 6.44. The minimum Gasteiger partial charge on any atom is -0.317 e. The fraction of sp³-hybridized carbons (Fsp3) is 1.00. The molecule has 0 aliphatic carbocycles. The maximum absolute atomic E-state index is 3.42. The highest BCUT2D eigenvalue weighted by Gasteiger charge is 2.03. The van der Waals surface area contributed by atoms with Crippen LogP contribution in [0.3, 0.4) is 0 Å². The number of nitrogens with one attached hydrogen (secondary N) is 1. The fourth-order valence-corrected chi connectivity index (χ4v) is 1.77. The van der Waals surface area contributed by atoms with Gasteiger partial charge in [-0.25, -0.2) is 0 Å². The molecule has 12 heavy (non-hydrogen) atoms. The van der Waals surface area contributed by atoms with E-state index in [0.717, 1.165) is 12.5 Å². The van der Waals surface area contributed by atoms with Gasteiger partial charge in [0.05, 0.1) is 0 Å². The van der Waals surface area contributed by atoms with E-state index in [1.54, 1.807) is 0 Å². The fourth-order valence-electron chi connectivity index (χ4n) is 1.32. The van der Waals surface area contributed by atoms with Crippen molar-refractivity contribution < 1.29 is 0 Å². The zero-order chi connectivity index (χ0) is 9.23. The Morgan fingerprint density at radius 3 is 2.58 bits per heavy atom. The van der Waals surface area contributed by atoms with Crippen LogP contribution in [0.25, 0.3) is 0 Å². The van der Waals surface area contributed by atoms with Crippen molar-refractivity contribution in [1.82, 2.24) is 5.32 Å². The minimum absolute atomic E-state index is 0.900. The molecule has 74 valence electrons. The summed E-state index contributed by atoms with van der Waals surface area (Å²) in [6, 6.07) is 0. The topological polar surface area (TPSA) is 12.0 Å². The molecule has 1 unspecified atom stereocenters. The molecule has 0 aromatic rings. The third kappa shape index (κ3) is 6.99. The van der Waals surface area contributed by atoms with Crippen LogP contribution in [0, 0.1) is 5.92 Å². The summed E-state index contributed by atoms with van der Waals surface area (Å²) < 4.78 is 0. The molecule has 1 N–H and O–H groups in total. The molecule has 1 nitrogen and oxygen atoms in total. The molecule has 0 aliphatic heterocycles. The summed E-state index contributed by atoms with van der Waals surface area (Å²) in [6.07, 6.45) is 6.28. The Balaban J connectivity index is 3.26. The molecule has 0 saturated carbocycles. The number of rotatable bonds is 8. The van der Waals surface area contributed by atoms with Crippen molar-refractivity contribution >= 4 is 11.8 Å². The molecule has 0 aromatic heterocycles. The van der Waals surface area contributed by atoms with Crippen molar-refractivity contribution in [3.05, 3.63) is 0 Å². The lowest BCUT2D eigenvalue weighted by atomic mass is 10.0. The molecule has 0 aromatic carbocycles. The van der Waals surface area contributed by atoms with Crippen LogP contribution in [0.4, 0.5) is 0 Å². The van der Waals surface area contributed by atoms with Crippen LogP contribution in [0.1, 0.15) is 33.1 Å². The van der Waals surface area contributed by atoms with Crippen molar-refractivity contribution in [2.45, 2.75) is 33.1 Å². The van der Waals surface area contributed by atoms with Crippen LogP contribution in [0.15, 0.2) is 0 Å². The zero-order valence-electron chi connectivity index (χ0n) is 8.73. The Morgan fingerprint density at radius 1 is 1.33 bits per heavy atom. The monoisotopic (exact) mass is 189 g/mol. The largest absolute Gasteiger partial charge is 0.317 e. The van der Waals surface area contributed by atoms with Crippen molar-refractivity contribution in [3.8, 4) is 0 Å². The van der Waals surface area contributed by atoms with Gasteiger partial charge in [0.15, 0.2) is 0 Å². The Hall–Kier alpha value is 0.310. The summed E-state index contributed by atoms with van der Waals surface area (Å²) >= 11 is 1.96. The first-order chi connectivity index (χ1) is 5.85. The van der Waals surface area contributed by atoms with Crippen molar-refractivity contribution in [2.75, 3.05) is 25.1 Å². The second kappa shape index (κ2) is 9.40. The summed E-state index contributed by atoms with van der Waals surface area (Å²) in [7, 11) is 0. The van der Waals surface area contributed by atoms with E-state index in [4.69, 9.17) is 0 Å². The molecule has 0 heterocycles. The summed E-state index contributed by atoms with van der Waals surface area (Å²) in [5, 5.41) is 3.42. The average Bonchev–Trinajstić information content (AvgIpc) is 2.11. The molecule has 0 radical (unpaired) electrons. The Morgan fingerprint density at radius 2 is 2.08 bits per heavy atom. The Labute approximate surface area is 81.7 Å². The first-order valence-electron chi connectivity index (χ1n) is 5.04. The van der Waals surface area contributed by atoms with Crippen LogP contribution >= 0.6 is 11.8 Å². The van der Waals surface area contributed by atoms with Gasteiger partial charge in [-0.2, -0.15) is 11.8 Å². The highest BCUT2D eigenvalue weighted by atomic mass is 32.2. The van der Waals surface area contributed by atoms with E-state index >= 15 is 0 Å². The van der Waals surface area contributed by atoms with Crippen LogP contribution in [-0.2, 0) is 0 Å². The van der Waals surface area contributed by atoms with Crippen molar-refractivity contribution in [1.29, 1.82) is 0 Å². The van der Waals surface area contributed by atoms with E-state index in [0.29, 0.717) is 0 Å². The standard InChI is InChI=1S/C10H23NS/c1-4-10(9-11-5-2)7-6-8-12-3/h10-11H,4-9H2,1-3H3. The SMILES string of the molecule is CCNCC(CC)CCCSC. The predicted molar refractivity (Wildman–Crippen MR) is 59.9 cm³/mol. The molecule has 0 saturated heterocycles. The number of hydrogen-bond acceptors (Lipinski definition) is 2. The molecule has 1 atom stereocenters. The third-order valence-corrected chi connectivity index (χ3v) is 2.92. The molecule has 0 spiro atoms. The van der Waals surface area contributed by atoms with Gasteiger partial charge in [-0.1, -0.05) is 20.3 Å². The average molecular weight is 189 g/mol. The van der Waals surface area contributed by atoms with Gasteiger partial charge in [0.25, 0.3) is 0 Å². The first kappa shape index (κ1) is 12.3. The normalized spacial score (nSPS) is 13.2. The molecule has 0 fully saturated rings. The molecule has 0 amide bonds. The summed E-state index contributed by atoms with van der Waals surface area (Å²) in [5.41, 5.74) is 0. The maximum Gasteiger partial charge on any atom is -0.00207 e. The molecule has 2 heteroatoms. The van der Waals surface area contributed by atoms with Gasteiger partial charge in [0.2, 0.25) is 0 Å². The van der Waals surface area contributed by atoms with Gasteiger partial charge in [0.1, 0.15) is 0 Å². The summed E-state index contributed by atoms with van der Waals surface area (Å²) in [4.78, 5) is 0. The van der Waals surface area contributed by atoms with Crippen molar-refractivity contribution in [3.63, 3.8) is 0 Å². The van der Waals surface area contributed by atoms with E-state index in [2.05, 4.69) is 25.4 Å². The second-order valence-corrected chi connectivity index (χ2v) is 4.20. The molecule has 0 bridgehead atoms. The third-order valence-electron chi connectivity index (χ3n) is 2.22. The lowest BCUT2D eigenvalue weighted by Gasteiger charge is -2.14. The van der Waals surface area contributed by atoms with Gasteiger partial charge in [-0.3, -0.25) is 0 Å².